The van der Waals surface area contributed by atoms with E-state index in [9.17, 15) is 0 Å². The van der Waals surface area contributed by atoms with E-state index in [0.717, 1.165) is 66.6 Å². The van der Waals surface area contributed by atoms with Crippen LogP contribution in [0.25, 0.3) is 21.5 Å². The Hall–Kier alpha value is -6.47. The van der Waals surface area contributed by atoms with Gasteiger partial charge < -0.3 is 18.9 Å². The summed E-state index contributed by atoms with van der Waals surface area (Å²) in [5.74, 6) is 6.52. The standard InChI is InChI=1S/C50H28B2O4S2/c1-3-15-33(16-4-1)53-35-23-43-49-47(25-35)57-45-28-46-40(27-39(45)51(49)37-19-29-11-7-9-13-31(29)21-41(37)55-43)52-38-20-30-12-8-10-14-32(30)22-42(38)56-44-24-36(26-48(58-46)50(44)52)54-34-17-5-2-6-18-34/h1-28H. The first-order chi connectivity index (χ1) is 28.7. The molecule has 0 fully saturated rings. The maximum absolute atomic E-state index is 6.87. The molecule has 0 N–H and O–H groups in total. The van der Waals surface area contributed by atoms with Gasteiger partial charge in [-0.3, -0.25) is 0 Å². The Labute approximate surface area is 343 Å². The van der Waals surface area contributed by atoms with Crippen LogP contribution in [0, 0.1) is 0 Å². The van der Waals surface area contributed by atoms with Crippen LogP contribution in [0.1, 0.15) is 0 Å². The lowest BCUT2D eigenvalue weighted by atomic mass is 9.32. The molecule has 0 bridgehead atoms. The lowest BCUT2D eigenvalue weighted by Gasteiger charge is -2.37. The van der Waals surface area contributed by atoms with Crippen molar-refractivity contribution in [3.05, 3.63) is 170 Å². The predicted octanol–water partition coefficient (Wildman–Crippen LogP) is 9.75. The molecule has 0 aromatic heterocycles. The molecule has 0 saturated heterocycles. The highest BCUT2D eigenvalue weighted by Crippen LogP contribution is 2.45. The first-order valence-corrected chi connectivity index (χ1v) is 21.1. The second-order valence-corrected chi connectivity index (χ2v) is 17.3. The number of benzene rings is 9. The number of rotatable bonds is 4. The SMILES string of the molecule is c1ccc(Oc2cc3c4c(c2)Sc2cc5c(cc2B4c2cc4ccccc4cc2O3)B2c3cc4ccccc4cc3Oc3cc(Oc4ccccc4)cc(c32)S5)cc1. The Kier molecular flexibility index (Phi) is 7.03. The molecule has 13 rings (SSSR count). The van der Waals surface area contributed by atoms with Gasteiger partial charge in [-0.1, -0.05) is 138 Å². The summed E-state index contributed by atoms with van der Waals surface area (Å²) in [6, 6.07) is 59.5. The number of hydrogen-bond acceptors (Lipinski definition) is 6. The van der Waals surface area contributed by atoms with Crippen LogP contribution in [0.4, 0.5) is 0 Å². The van der Waals surface area contributed by atoms with Crippen LogP contribution in [-0.2, 0) is 0 Å². The third kappa shape index (κ3) is 5.08. The Balaban J connectivity index is 1.02. The summed E-state index contributed by atoms with van der Waals surface area (Å²) in [5.41, 5.74) is 7.31. The van der Waals surface area contributed by atoms with Gasteiger partial charge in [-0.15, -0.1) is 0 Å². The fourth-order valence-corrected chi connectivity index (χ4v) is 11.7. The van der Waals surface area contributed by atoms with Crippen molar-refractivity contribution in [1.82, 2.24) is 0 Å². The molecular weight excluding hydrogens is 750 g/mol. The molecule has 4 nitrogen and oxygen atoms in total. The van der Waals surface area contributed by atoms with E-state index in [0.29, 0.717) is 0 Å². The molecular formula is C50H28B2O4S2. The van der Waals surface area contributed by atoms with Crippen LogP contribution in [0.2, 0.25) is 0 Å². The first-order valence-electron chi connectivity index (χ1n) is 19.4. The van der Waals surface area contributed by atoms with Gasteiger partial charge in [0.2, 0.25) is 0 Å². The molecule has 8 heteroatoms. The maximum Gasteiger partial charge on any atom is 0.253 e. The second kappa shape index (κ2) is 12.5. The van der Waals surface area contributed by atoms with Crippen LogP contribution >= 0.6 is 23.5 Å². The van der Waals surface area contributed by atoms with Gasteiger partial charge in [0.25, 0.3) is 13.4 Å². The normalized spacial score (nSPS) is 13.6. The third-order valence-corrected chi connectivity index (χ3v) is 14.0. The summed E-state index contributed by atoms with van der Waals surface area (Å²) in [7, 11) is 0. The van der Waals surface area contributed by atoms with Crippen LogP contribution in [-0.4, -0.2) is 13.4 Å². The molecule has 0 aliphatic carbocycles. The van der Waals surface area contributed by atoms with Crippen LogP contribution < -0.4 is 51.7 Å². The molecule has 0 unspecified atom stereocenters. The van der Waals surface area contributed by atoms with Crippen molar-refractivity contribution < 1.29 is 18.9 Å². The van der Waals surface area contributed by atoms with E-state index in [-0.39, 0.29) is 13.4 Å². The van der Waals surface area contributed by atoms with E-state index in [4.69, 9.17) is 18.9 Å². The maximum atomic E-state index is 6.87. The van der Waals surface area contributed by atoms with E-state index in [2.05, 4.69) is 109 Å². The number of ether oxygens (including phenoxy) is 4. The smallest absolute Gasteiger partial charge is 0.253 e. The van der Waals surface area contributed by atoms with Gasteiger partial charge >= 0.3 is 0 Å². The predicted molar refractivity (Wildman–Crippen MR) is 238 cm³/mol. The second-order valence-electron chi connectivity index (χ2n) is 15.2. The first kappa shape index (κ1) is 32.6. The summed E-state index contributed by atoms with van der Waals surface area (Å²) in [6.45, 7) is -0.0665. The number of hydrogen-bond donors (Lipinski definition) is 0. The van der Waals surface area contributed by atoms with Gasteiger partial charge in [0.1, 0.15) is 46.0 Å². The van der Waals surface area contributed by atoms with Crippen molar-refractivity contribution in [2.45, 2.75) is 19.6 Å². The number of fused-ring (bicyclic) bond motifs is 10. The number of para-hydroxylation sites is 2. The minimum Gasteiger partial charge on any atom is -0.458 e. The molecule has 9 aromatic carbocycles. The summed E-state index contributed by atoms with van der Waals surface area (Å²) < 4.78 is 26.7. The van der Waals surface area contributed by atoms with Crippen molar-refractivity contribution >= 4 is 91.3 Å². The molecule has 4 aliphatic rings. The van der Waals surface area contributed by atoms with Gasteiger partial charge in [0.15, 0.2) is 0 Å². The fraction of sp³-hybridized carbons (Fsp3) is 0. The van der Waals surface area contributed by atoms with Crippen molar-refractivity contribution in [3.63, 3.8) is 0 Å². The zero-order valence-electron chi connectivity index (χ0n) is 30.8. The Morgan fingerprint density at radius 2 is 0.741 bits per heavy atom. The minimum absolute atomic E-state index is 0.0332. The van der Waals surface area contributed by atoms with E-state index in [1.54, 1.807) is 23.5 Å². The average molecular weight is 779 g/mol. The van der Waals surface area contributed by atoms with Crippen LogP contribution in [0.15, 0.2) is 189 Å². The molecule has 0 saturated carbocycles. The van der Waals surface area contributed by atoms with Gasteiger partial charge in [-0.05, 0) is 98.0 Å². The highest BCUT2D eigenvalue weighted by Gasteiger charge is 2.44. The van der Waals surface area contributed by atoms with E-state index in [1.165, 1.54) is 53.3 Å². The molecule has 58 heavy (non-hydrogen) atoms. The summed E-state index contributed by atoms with van der Waals surface area (Å²) in [5, 5.41) is 4.70. The van der Waals surface area contributed by atoms with Gasteiger partial charge in [-0.25, -0.2) is 0 Å². The van der Waals surface area contributed by atoms with Crippen molar-refractivity contribution in [1.29, 1.82) is 0 Å². The largest absolute Gasteiger partial charge is 0.458 e. The minimum atomic E-state index is -0.0332. The summed E-state index contributed by atoms with van der Waals surface area (Å²) >= 11 is 3.60. The quantitative estimate of drug-likeness (QED) is 0.166. The molecule has 0 spiro atoms. The van der Waals surface area contributed by atoms with Crippen LogP contribution in [0.5, 0.6) is 46.0 Å². The molecule has 0 radical (unpaired) electrons. The molecule has 9 aromatic rings. The molecule has 0 atom stereocenters. The molecule has 4 heterocycles. The van der Waals surface area contributed by atoms with Crippen molar-refractivity contribution in [2.24, 2.45) is 0 Å². The Morgan fingerprint density at radius 3 is 1.19 bits per heavy atom. The lowest BCUT2D eigenvalue weighted by molar-refractivity contribution is 0.460. The van der Waals surface area contributed by atoms with Gasteiger partial charge in [0.05, 0.1) is 0 Å². The molecule has 270 valence electrons. The van der Waals surface area contributed by atoms with E-state index >= 15 is 0 Å². The lowest BCUT2D eigenvalue weighted by Crippen LogP contribution is -2.62. The molecule has 0 amide bonds. The van der Waals surface area contributed by atoms with Crippen molar-refractivity contribution in [2.75, 3.05) is 0 Å². The fourth-order valence-electron chi connectivity index (χ4n) is 9.18. The highest BCUT2D eigenvalue weighted by atomic mass is 32.2. The van der Waals surface area contributed by atoms with Gasteiger partial charge in [0, 0.05) is 31.7 Å². The van der Waals surface area contributed by atoms with Gasteiger partial charge in [-0.2, -0.15) is 0 Å². The van der Waals surface area contributed by atoms with Crippen LogP contribution in [0.3, 0.4) is 0 Å². The average Bonchev–Trinajstić information content (AvgIpc) is 3.25. The summed E-state index contributed by atoms with van der Waals surface area (Å²) in [6.07, 6.45) is 0. The Bertz CT molecular complexity index is 3000. The van der Waals surface area contributed by atoms with Crippen molar-refractivity contribution in [3.8, 4) is 46.0 Å². The monoisotopic (exact) mass is 778 g/mol. The third-order valence-electron chi connectivity index (χ3n) is 11.7. The molecule has 4 aliphatic heterocycles. The Morgan fingerprint density at radius 1 is 0.328 bits per heavy atom. The van der Waals surface area contributed by atoms with E-state index in [1.807, 2.05) is 60.7 Å². The topological polar surface area (TPSA) is 36.9 Å². The zero-order valence-corrected chi connectivity index (χ0v) is 32.4. The highest BCUT2D eigenvalue weighted by molar-refractivity contribution is 8.01. The zero-order chi connectivity index (χ0) is 37.9. The van der Waals surface area contributed by atoms with E-state index < -0.39 is 0 Å². The summed E-state index contributed by atoms with van der Waals surface area (Å²) in [4.78, 5) is 4.76.